The lowest BCUT2D eigenvalue weighted by atomic mass is 10.2. The molecule has 0 N–H and O–H groups in total. The first-order chi connectivity index (χ1) is 10.2. The number of hydrazone groups is 1. The number of thioether (sulfide) groups is 1. The second-order valence-electron chi connectivity index (χ2n) is 4.27. The van der Waals surface area contributed by atoms with Crippen molar-refractivity contribution < 1.29 is 9.53 Å². The Balaban J connectivity index is 1.94. The fraction of sp³-hybridized carbons (Fsp3) is 0.143. The van der Waals surface area contributed by atoms with E-state index in [4.69, 9.17) is 17.0 Å². The minimum atomic E-state index is -0.111. The molecule has 2 aromatic rings. The highest BCUT2D eigenvalue weighted by Gasteiger charge is 2.25. The van der Waals surface area contributed by atoms with Crippen LogP contribution in [0.3, 0.4) is 0 Å². The topological polar surface area (TPSA) is 54.8 Å². The number of pyridine rings is 1. The van der Waals surface area contributed by atoms with Gasteiger partial charge in [0.15, 0.2) is 4.32 Å². The maximum absolute atomic E-state index is 11.6. The zero-order chi connectivity index (χ0) is 14.8. The zero-order valence-corrected chi connectivity index (χ0v) is 12.8. The summed E-state index contributed by atoms with van der Waals surface area (Å²) in [7, 11) is 1.61. The van der Waals surface area contributed by atoms with Gasteiger partial charge in [-0.05, 0) is 12.1 Å². The molecule has 1 aliphatic heterocycles. The van der Waals surface area contributed by atoms with Crippen LogP contribution in [0.5, 0.6) is 5.75 Å². The number of aromatic nitrogens is 1. The summed E-state index contributed by atoms with van der Waals surface area (Å²) in [6.45, 7) is 0. The highest BCUT2D eigenvalue weighted by molar-refractivity contribution is 8.23. The lowest BCUT2D eigenvalue weighted by Crippen LogP contribution is -2.22. The van der Waals surface area contributed by atoms with E-state index in [0.29, 0.717) is 21.5 Å². The van der Waals surface area contributed by atoms with E-state index in [9.17, 15) is 4.79 Å². The molecule has 0 unspecified atom stereocenters. The quantitative estimate of drug-likeness (QED) is 0.643. The minimum Gasteiger partial charge on any atom is -0.494 e. The van der Waals surface area contributed by atoms with Crippen LogP contribution in [-0.4, -0.2) is 39.3 Å². The first-order valence-electron chi connectivity index (χ1n) is 6.16. The Labute approximate surface area is 131 Å². The van der Waals surface area contributed by atoms with Crippen LogP contribution in [0.4, 0.5) is 0 Å². The van der Waals surface area contributed by atoms with Crippen LogP contribution in [0.15, 0.2) is 35.4 Å². The summed E-state index contributed by atoms with van der Waals surface area (Å²) in [4.78, 5) is 16.1. The number of thiocarbonyl (C=S) groups is 1. The van der Waals surface area contributed by atoms with Crippen molar-refractivity contribution in [2.75, 3.05) is 12.9 Å². The van der Waals surface area contributed by atoms with Crippen LogP contribution < -0.4 is 4.74 Å². The van der Waals surface area contributed by atoms with E-state index in [1.807, 2.05) is 30.3 Å². The molecule has 0 spiro atoms. The number of nitrogens with zero attached hydrogens (tertiary/aromatic N) is 3. The van der Waals surface area contributed by atoms with Gasteiger partial charge in [-0.25, -0.2) is 4.98 Å². The van der Waals surface area contributed by atoms with Crippen molar-refractivity contribution in [2.45, 2.75) is 0 Å². The fourth-order valence-corrected chi connectivity index (χ4v) is 2.91. The Bertz CT molecular complexity index is 745. The van der Waals surface area contributed by atoms with E-state index in [1.165, 1.54) is 23.0 Å². The highest BCUT2D eigenvalue weighted by atomic mass is 32.2. The smallest absolute Gasteiger partial charge is 0.259 e. The van der Waals surface area contributed by atoms with Gasteiger partial charge < -0.3 is 4.74 Å². The molecule has 0 atom stereocenters. The van der Waals surface area contributed by atoms with Gasteiger partial charge in [0.25, 0.3) is 5.91 Å². The molecular formula is C14H11N3O2S2. The van der Waals surface area contributed by atoms with E-state index < -0.39 is 0 Å². The average Bonchev–Trinajstić information content (AvgIpc) is 2.83. The van der Waals surface area contributed by atoms with Crippen molar-refractivity contribution in [1.29, 1.82) is 0 Å². The molecule has 1 aliphatic rings. The van der Waals surface area contributed by atoms with Gasteiger partial charge in [0.05, 0.1) is 24.8 Å². The first-order valence-corrected chi connectivity index (χ1v) is 7.56. The molecule has 1 aromatic carbocycles. The molecule has 0 aliphatic carbocycles. The van der Waals surface area contributed by atoms with Crippen LogP contribution >= 0.6 is 24.0 Å². The zero-order valence-electron chi connectivity index (χ0n) is 11.1. The summed E-state index contributed by atoms with van der Waals surface area (Å²) in [5, 5.41) is 6.32. The lowest BCUT2D eigenvalue weighted by molar-refractivity contribution is -0.123. The van der Waals surface area contributed by atoms with E-state index in [-0.39, 0.29) is 5.91 Å². The molecule has 1 saturated heterocycles. The average molecular weight is 317 g/mol. The Morgan fingerprint density at radius 3 is 3.00 bits per heavy atom. The van der Waals surface area contributed by atoms with Crippen LogP contribution in [-0.2, 0) is 4.79 Å². The molecule has 3 rings (SSSR count). The minimum absolute atomic E-state index is 0.111. The molecule has 0 radical (unpaired) electrons. The Hall–Kier alpha value is -1.99. The number of para-hydroxylation sites is 1. The van der Waals surface area contributed by atoms with Crippen LogP contribution in [0.2, 0.25) is 0 Å². The van der Waals surface area contributed by atoms with Crippen molar-refractivity contribution in [2.24, 2.45) is 5.10 Å². The first kappa shape index (κ1) is 14.0. The predicted octanol–water partition coefficient (Wildman–Crippen LogP) is 2.44. The van der Waals surface area contributed by atoms with Crippen LogP contribution in [0.1, 0.15) is 5.69 Å². The molecule has 2 heterocycles. The molecule has 1 fully saturated rings. The van der Waals surface area contributed by atoms with Crippen molar-refractivity contribution in [3.8, 4) is 5.75 Å². The third kappa shape index (κ3) is 2.74. The van der Waals surface area contributed by atoms with Crippen molar-refractivity contribution in [3.05, 3.63) is 36.0 Å². The van der Waals surface area contributed by atoms with Gasteiger partial charge in [0, 0.05) is 5.39 Å². The molecule has 0 bridgehead atoms. The summed E-state index contributed by atoms with van der Waals surface area (Å²) in [6.07, 6.45) is 1.53. The molecule has 1 aromatic heterocycles. The number of benzene rings is 1. The van der Waals surface area contributed by atoms with Crippen molar-refractivity contribution >= 4 is 51.3 Å². The summed E-state index contributed by atoms with van der Waals surface area (Å²) in [5.41, 5.74) is 1.40. The van der Waals surface area contributed by atoms with Gasteiger partial charge in [-0.15, -0.1) is 0 Å². The van der Waals surface area contributed by atoms with Crippen LogP contribution in [0, 0.1) is 0 Å². The van der Waals surface area contributed by atoms with E-state index >= 15 is 0 Å². The summed E-state index contributed by atoms with van der Waals surface area (Å²) < 4.78 is 5.77. The standard InChI is InChI=1S/C14H11N3O2S2/c1-19-11-4-2-3-9-5-6-10(16-13(9)11)7-15-17-12(18)8-21-14(17)20/h2-7H,8H2,1H3. The number of carbonyl (C=O) groups excluding carboxylic acids is 1. The van der Waals surface area contributed by atoms with Gasteiger partial charge in [0.1, 0.15) is 11.3 Å². The highest BCUT2D eigenvalue weighted by Crippen LogP contribution is 2.23. The Kier molecular flexibility index (Phi) is 3.85. The van der Waals surface area contributed by atoms with Crippen LogP contribution in [0.25, 0.3) is 10.9 Å². The maximum Gasteiger partial charge on any atom is 0.259 e. The molecule has 1 amide bonds. The van der Waals surface area contributed by atoms with E-state index in [1.54, 1.807) is 7.11 Å². The fourth-order valence-electron chi connectivity index (χ4n) is 1.95. The molecule has 106 valence electrons. The Morgan fingerprint density at radius 2 is 2.29 bits per heavy atom. The van der Waals surface area contributed by atoms with Gasteiger partial charge in [-0.3, -0.25) is 4.79 Å². The third-order valence-electron chi connectivity index (χ3n) is 2.96. The number of methoxy groups -OCH3 is 1. The largest absolute Gasteiger partial charge is 0.494 e. The molecule has 7 heteroatoms. The van der Waals surface area contributed by atoms with Gasteiger partial charge >= 0.3 is 0 Å². The summed E-state index contributed by atoms with van der Waals surface area (Å²) >= 11 is 6.37. The lowest BCUT2D eigenvalue weighted by Gasteiger charge is -2.07. The summed E-state index contributed by atoms with van der Waals surface area (Å²) in [6, 6.07) is 9.50. The predicted molar refractivity (Wildman–Crippen MR) is 87.8 cm³/mol. The number of ether oxygens (including phenoxy) is 1. The van der Waals surface area contributed by atoms with Crippen molar-refractivity contribution in [3.63, 3.8) is 0 Å². The molecule has 0 saturated carbocycles. The van der Waals surface area contributed by atoms with E-state index in [2.05, 4.69) is 10.1 Å². The molecular weight excluding hydrogens is 306 g/mol. The second-order valence-corrected chi connectivity index (χ2v) is 5.88. The Morgan fingerprint density at radius 1 is 1.43 bits per heavy atom. The SMILES string of the molecule is COc1cccc2ccc(C=NN3C(=O)CSC3=S)nc12. The number of hydrogen-bond donors (Lipinski definition) is 0. The second kappa shape index (κ2) is 5.79. The number of fused-ring (bicyclic) bond motifs is 1. The molecule has 21 heavy (non-hydrogen) atoms. The normalized spacial score (nSPS) is 15.4. The van der Waals surface area contributed by atoms with Gasteiger partial charge in [-0.2, -0.15) is 10.1 Å². The summed E-state index contributed by atoms with van der Waals surface area (Å²) in [5.74, 6) is 0.931. The van der Waals surface area contributed by atoms with Gasteiger partial charge in [0.2, 0.25) is 0 Å². The maximum atomic E-state index is 11.6. The monoisotopic (exact) mass is 317 g/mol. The number of hydrogen-bond acceptors (Lipinski definition) is 6. The molecule has 5 nitrogen and oxygen atoms in total. The number of amides is 1. The van der Waals surface area contributed by atoms with E-state index in [0.717, 1.165) is 10.9 Å². The number of carbonyl (C=O) groups is 1. The number of rotatable bonds is 3. The van der Waals surface area contributed by atoms with Crippen molar-refractivity contribution in [1.82, 2.24) is 9.99 Å². The third-order valence-corrected chi connectivity index (χ3v) is 4.30. The van der Waals surface area contributed by atoms with Gasteiger partial charge in [-0.1, -0.05) is 42.2 Å².